The molecule has 1 aliphatic carbocycles. The van der Waals surface area contributed by atoms with Gasteiger partial charge >= 0.3 is 0 Å². The predicted molar refractivity (Wildman–Crippen MR) is 68.3 cm³/mol. The van der Waals surface area contributed by atoms with Gasteiger partial charge in [-0.1, -0.05) is 0 Å². The van der Waals surface area contributed by atoms with Crippen molar-refractivity contribution in [2.75, 3.05) is 26.1 Å². The second kappa shape index (κ2) is 5.86. The first-order valence-corrected chi connectivity index (χ1v) is 6.21. The Bertz CT molecular complexity index is 401. The third-order valence-corrected chi connectivity index (χ3v) is 3.11. The van der Waals surface area contributed by atoms with Crippen molar-refractivity contribution >= 4 is 11.6 Å². The van der Waals surface area contributed by atoms with Gasteiger partial charge in [0.1, 0.15) is 6.54 Å². The number of nitrogens with one attached hydrogen (secondary N) is 2. The van der Waals surface area contributed by atoms with E-state index in [4.69, 9.17) is 4.74 Å². The average Bonchev–Trinajstić information content (AvgIpc) is 3.12. The maximum Gasteiger partial charge on any atom is 0.241 e. The molecule has 1 aromatic rings. The van der Waals surface area contributed by atoms with Gasteiger partial charge < -0.3 is 15.4 Å². The molecular weight excluding hydrogens is 232 g/mol. The molecule has 0 aromatic carbocycles. The third-order valence-electron chi connectivity index (χ3n) is 3.11. The van der Waals surface area contributed by atoms with Gasteiger partial charge in [0, 0.05) is 20.4 Å². The highest BCUT2D eigenvalue weighted by atomic mass is 16.5. The number of rotatable bonds is 7. The van der Waals surface area contributed by atoms with Crippen LogP contribution in [0.3, 0.4) is 0 Å². The summed E-state index contributed by atoms with van der Waals surface area (Å²) >= 11 is 0. The van der Waals surface area contributed by atoms with Crippen LogP contribution in [-0.2, 0) is 16.1 Å². The van der Waals surface area contributed by atoms with Crippen LogP contribution in [0.25, 0.3) is 0 Å². The minimum absolute atomic E-state index is 0.0553. The fraction of sp³-hybridized carbons (Fsp3) is 0.667. The minimum atomic E-state index is -0.0553. The predicted octanol–water partition coefficient (Wildman–Crippen LogP) is 0.466. The number of carbonyl (C=O) groups excluding carboxylic acids is 1. The lowest BCUT2D eigenvalue weighted by Crippen LogP contribution is -2.27. The van der Waals surface area contributed by atoms with E-state index in [2.05, 4.69) is 15.7 Å². The van der Waals surface area contributed by atoms with E-state index in [9.17, 15) is 4.79 Å². The van der Waals surface area contributed by atoms with E-state index < -0.39 is 0 Å². The summed E-state index contributed by atoms with van der Waals surface area (Å²) in [5.74, 6) is 0.646. The van der Waals surface area contributed by atoms with Gasteiger partial charge in [-0.05, 0) is 18.8 Å². The van der Waals surface area contributed by atoms with Crippen LogP contribution in [0.15, 0.2) is 12.4 Å². The van der Waals surface area contributed by atoms with Crippen molar-refractivity contribution in [1.82, 2.24) is 15.1 Å². The maximum absolute atomic E-state index is 11.2. The average molecular weight is 252 g/mol. The lowest BCUT2D eigenvalue weighted by atomic mass is 10.2. The summed E-state index contributed by atoms with van der Waals surface area (Å²) in [5, 5.41) is 10.1. The molecule has 1 amide bonds. The number of carbonyl (C=O) groups is 1. The molecule has 2 N–H and O–H groups in total. The molecule has 18 heavy (non-hydrogen) atoms. The summed E-state index contributed by atoms with van der Waals surface area (Å²) in [4.78, 5) is 11.2. The van der Waals surface area contributed by atoms with Gasteiger partial charge in [-0.25, -0.2) is 0 Å². The van der Waals surface area contributed by atoms with Crippen molar-refractivity contribution < 1.29 is 9.53 Å². The number of hydrogen-bond donors (Lipinski definition) is 2. The van der Waals surface area contributed by atoms with Gasteiger partial charge in [-0.15, -0.1) is 0 Å². The second-order valence-electron chi connectivity index (χ2n) is 4.64. The van der Waals surface area contributed by atoms with E-state index in [-0.39, 0.29) is 12.5 Å². The topological polar surface area (TPSA) is 68.2 Å². The van der Waals surface area contributed by atoms with Gasteiger partial charge in [0.05, 0.1) is 24.5 Å². The maximum atomic E-state index is 11.2. The Kier molecular flexibility index (Phi) is 4.19. The highest BCUT2D eigenvalue weighted by Gasteiger charge is 2.31. The Morgan fingerprint density at radius 1 is 1.67 bits per heavy atom. The fourth-order valence-electron chi connectivity index (χ4n) is 1.94. The standard InChI is InChI=1S/C12H20N4O2/c1-13-12(17)7-16-6-10(5-14-16)15-11(8-18-2)9-3-4-9/h5-6,9,11,15H,3-4,7-8H2,1-2H3,(H,13,17). The molecule has 0 aliphatic heterocycles. The molecule has 1 aliphatic rings. The summed E-state index contributed by atoms with van der Waals surface area (Å²) in [6, 6.07) is 0.340. The summed E-state index contributed by atoms with van der Waals surface area (Å²) in [6.07, 6.45) is 6.11. The lowest BCUT2D eigenvalue weighted by molar-refractivity contribution is -0.121. The first kappa shape index (κ1) is 12.9. The van der Waals surface area contributed by atoms with Crippen molar-refractivity contribution in [2.45, 2.75) is 25.4 Å². The van der Waals surface area contributed by atoms with Crippen molar-refractivity contribution in [3.8, 4) is 0 Å². The van der Waals surface area contributed by atoms with E-state index in [1.807, 2.05) is 6.20 Å². The SMILES string of the molecule is CNC(=O)Cn1cc(NC(COC)C2CC2)cn1. The molecule has 1 fully saturated rings. The van der Waals surface area contributed by atoms with Crippen molar-refractivity contribution in [2.24, 2.45) is 5.92 Å². The molecule has 1 atom stereocenters. The Morgan fingerprint density at radius 3 is 3.06 bits per heavy atom. The van der Waals surface area contributed by atoms with E-state index in [1.54, 1.807) is 25.0 Å². The molecule has 0 spiro atoms. The monoisotopic (exact) mass is 252 g/mol. The normalized spacial score (nSPS) is 16.3. The number of likely N-dealkylation sites (N-methyl/N-ethyl adjacent to an activating group) is 1. The van der Waals surface area contributed by atoms with Crippen LogP contribution in [0.2, 0.25) is 0 Å². The number of aromatic nitrogens is 2. The molecule has 1 heterocycles. The highest BCUT2D eigenvalue weighted by Crippen LogP contribution is 2.34. The number of methoxy groups -OCH3 is 1. The summed E-state index contributed by atoms with van der Waals surface area (Å²) < 4.78 is 6.84. The van der Waals surface area contributed by atoms with Gasteiger partial charge in [-0.2, -0.15) is 5.10 Å². The first-order valence-electron chi connectivity index (χ1n) is 6.21. The number of nitrogens with zero attached hydrogens (tertiary/aromatic N) is 2. The van der Waals surface area contributed by atoms with Crippen molar-refractivity contribution in [3.05, 3.63) is 12.4 Å². The molecule has 1 saturated carbocycles. The summed E-state index contributed by atoms with van der Waals surface area (Å²) in [5.41, 5.74) is 0.938. The van der Waals surface area contributed by atoms with Gasteiger partial charge in [0.25, 0.3) is 0 Å². The van der Waals surface area contributed by atoms with Crippen LogP contribution < -0.4 is 10.6 Å². The molecule has 1 aromatic heterocycles. The molecule has 6 nitrogen and oxygen atoms in total. The van der Waals surface area contributed by atoms with Crippen LogP contribution in [0.5, 0.6) is 0 Å². The summed E-state index contributed by atoms with van der Waals surface area (Å²) in [6.45, 7) is 0.946. The lowest BCUT2D eigenvalue weighted by Gasteiger charge is -2.16. The summed E-state index contributed by atoms with van der Waals surface area (Å²) in [7, 11) is 3.33. The number of ether oxygens (including phenoxy) is 1. The van der Waals surface area contributed by atoms with Crippen LogP contribution >= 0.6 is 0 Å². The molecule has 0 radical (unpaired) electrons. The Labute approximate surface area is 107 Å². The number of hydrogen-bond acceptors (Lipinski definition) is 4. The largest absolute Gasteiger partial charge is 0.383 e. The van der Waals surface area contributed by atoms with E-state index in [0.29, 0.717) is 18.6 Å². The zero-order chi connectivity index (χ0) is 13.0. The quantitative estimate of drug-likeness (QED) is 0.740. The zero-order valence-corrected chi connectivity index (χ0v) is 10.8. The van der Waals surface area contributed by atoms with Crippen molar-refractivity contribution in [1.29, 1.82) is 0 Å². The Balaban J connectivity index is 1.90. The van der Waals surface area contributed by atoms with Gasteiger partial charge in [0.2, 0.25) is 5.91 Å². The first-order chi connectivity index (χ1) is 8.72. The molecule has 2 rings (SSSR count). The number of amides is 1. The highest BCUT2D eigenvalue weighted by molar-refractivity contribution is 5.75. The van der Waals surface area contributed by atoms with Crippen molar-refractivity contribution in [3.63, 3.8) is 0 Å². The smallest absolute Gasteiger partial charge is 0.241 e. The van der Waals surface area contributed by atoms with E-state index >= 15 is 0 Å². The third kappa shape index (κ3) is 3.46. The van der Waals surface area contributed by atoms with Gasteiger partial charge in [-0.3, -0.25) is 9.48 Å². The fourth-order valence-corrected chi connectivity index (χ4v) is 1.94. The van der Waals surface area contributed by atoms with Crippen LogP contribution in [-0.4, -0.2) is 42.5 Å². The molecular formula is C12H20N4O2. The molecule has 6 heteroatoms. The molecule has 0 bridgehead atoms. The zero-order valence-electron chi connectivity index (χ0n) is 10.8. The van der Waals surface area contributed by atoms with E-state index in [0.717, 1.165) is 5.69 Å². The second-order valence-corrected chi connectivity index (χ2v) is 4.64. The van der Waals surface area contributed by atoms with Gasteiger partial charge in [0.15, 0.2) is 0 Å². The number of anilines is 1. The molecule has 100 valence electrons. The molecule has 0 saturated heterocycles. The van der Waals surface area contributed by atoms with E-state index in [1.165, 1.54) is 12.8 Å². The van der Waals surface area contributed by atoms with Crippen LogP contribution in [0.1, 0.15) is 12.8 Å². The minimum Gasteiger partial charge on any atom is -0.383 e. The Morgan fingerprint density at radius 2 is 2.44 bits per heavy atom. The van der Waals surface area contributed by atoms with Crippen LogP contribution in [0, 0.1) is 5.92 Å². The Hall–Kier alpha value is -1.56. The van der Waals surface area contributed by atoms with Crippen LogP contribution in [0.4, 0.5) is 5.69 Å². The molecule has 1 unspecified atom stereocenters.